The van der Waals surface area contributed by atoms with E-state index in [-0.39, 0.29) is 30.5 Å². The van der Waals surface area contributed by atoms with Gasteiger partial charge in [-0.2, -0.15) is 0 Å². The van der Waals surface area contributed by atoms with Crippen LogP contribution < -0.4 is 21.9 Å². The van der Waals surface area contributed by atoms with Crippen molar-refractivity contribution < 1.29 is 18.7 Å². The third-order valence-electron chi connectivity index (χ3n) is 4.98. The number of carbonyl (C=O) groups is 2. The molecule has 0 radical (unpaired) electrons. The second-order valence-corrected chi connectivity index (χ2v) is 7.50. The van der Waals surface area contributed by atoms with E-state index in [4.69, 9.17) is 14.9 Å². The van der Waals surface area contributed by atoms with Crippen molar-refractivity contribution in [3.8, 4) is 0 Å². The summed E-state index contributed by atoms with van der Waals surface area (Å²) in [6.45, 7) is 3.60. The molecule has 11 heteroatoms. The van der Waals surface area contributed by atoms with E-state index in [1.807, 2.05) is 19.9 Å². The lowest BCUT2D eigenvalue weighted by Gasteiger charge is -2.24. The lowest BCUT2D eigenvalue weighted by atomic mass is 10.2. The van der Waals surface area contributed by atoms with E-state index >= 15 is 0 Å². The highest BCUT2D eigenvalue weighted by Crippen LogP contribution is 2.18. The molecule has 0 bridgehead atoms. The van der Waals surface area contributed by atoms with Crippen LogP contribution in [0.2, 0.25) is 0 Å². The topological polar surface area (TPSA) is 154 Å². The molecular formula is C23H27N5O6. The van der Waals surface area contributed by atoms with Gasteiger partial charge in [-0.1, -0.05) is 32.4 Å². The maximum absolute atomic E-state index is 12.9. The Morgan fingerprint density at radius 3 is 2.71 bits per heavy atom. The van der Waals surface area contributed by atoms with E-state index in [1.165, 1.54) is 10.6 Å². The highest BCUT2D eigenvalue weighted by Gasteiger charge is 2.24. The molecule has 11 nitrogen and oxygen atoms in total. The summed E-state index contributed by atoms with van der Waals surface area (Å²) in [4.78, 5) is 57.2. The van der Waals surface area contributed by atoms with Crippen LogP contribution in [-0.4, -0.2) is 39.6 Å². The lowest BCUT2D eigenvalue weighted by molar-refractivity contribution is -0.142. The van der Waals surface area contributed by atoms with Crippen molar-refractivity contribution >= 4 is 40.6 Å². The van der Waals surface area contributed by atoms with Crippen LogP contribution in [-0.2, 0) is 20.9 Å². The fraction of sp³-hybridized carbons (Fsp3) is 0.348. The first kappa shape index (κ1) is 24.5. The number of nitrogen functional groups attached to an aromatic ring is 1. The first-order chi connectivity index (χ1) is 16.3. The maximum atomic E-state index is 12.9. The van der Waals surface area contributed by atoms with Crippen molar-refractivity contribution in [1.82, 2.24) is 14.5 Å². The van der Waals surface area contributed by atoms with E-state index in [2.05, 4.69) is 9.97 Å². The van der Waals surface area contributed by atoms with Gasteiger partial charge in [0.1, 0.15) is 11.3 Å². The van der Waals surface area contributed by atoms with Crippen LogP contribution >= 0.6 is 0 Å². The number of oxazole rings is 1. The van der Waals surface area contributed by atoms with Crippen LogP contribution in [0.3, 0.4) is 0 Å². The number of nitrogens with two attached hydrogens (primary N) is 1. The Morgan fingerprint density at radius 2 is 2.00 bits per heavy atom. The molecule has 0 fully saturated rings. The molecule has 2 heterocycles. The number of amides is 1. The Kier molecular flexibility index (Phi) is 8.01. The van der Waals surface area contributed by atoms with E-state index in [9.17, 15) is 19.2 Å². The highest BCUT2D eigenvalue weighted by atomic mass is 16.5. The van der Waals surface area contributed by atoms with Gasteiger partial charge >= 0.3 is 11.7 Å². The molecule has 3 aromatic rings. The average molecular weight is 469 g/mol. The predicted octanol–water partition coefficient (Wildman–Crippen LogP) is 2.06. The summed E-state index contributed by atoms with van der Waals surface area (Å²) in [6.07, 6.45) is 4.34. The zero-order valence-corrected chi connectivity index (χ0v) is 19.1. The lowest BCUT2D eigenvalue weighted by Crippen LogP contribution is -2.43. The number of aromatic nitrogens is 3. The molecule has 34 heavy (non-hydrogen) atoms. The summed E-state index contributed by atoms with van der Waals surface area (Å²) >= 11 is 0. The van der Waals surface area contributed by atoms with E-state index in [0.717, 1.165) is 17.4 Å². The van der Waals surface area contributed by atoms with E-state index < -0.39 is 29.7 Å². The Bertz CT molecular complexity index is 1290. The van der Waals surface area contributed by atoms with Crippen molar-refractivity contribution in [2.45, 2.75) is 39.7 Å². The van der Waals surface area contributed by atoms with Crippen molar-refractivity contribution in [1.29, 1.82) is 0 Å². The van der Waals surface area contributed by atoms with Crippen LogP contribution in [0.5, 0.6) is 0 Å². The van der Waals surface area contributed by atoms with Crippen molar-refractivity contribution in [3.63, 3.8) is 0 Å². The van der Waals surface area contributed by atoms with E-state index in [1.54, 1.807) is 18.2 Å². The first-order valence-corrected chi connectivity index (χ1v) is 11.0. The number of rotatable bonds is 10. The van der Waals surface area contributed by atoms with Gasteiger partial charge in [0, 0.05) is 25.2 Å². The minimum Gasteiger partial charge on any atom is -0.452 e. The number of esters is 1. The maximum Gasteiger partial charge on any atom is 0.331 e. The Labute approximate surface area is 194 Å². The second kappa shape index (κ2) is 11.1. The molecular weight excluding hydrogens is 442 g/mol. The van der Waals surface area contributed by atoms with Crippen LogP contribution in [0.4, 0.5) is 11.5 Å². The van der Waals surface area contributed by atoms with Crippen molar-refractivity contribution in [3.05, 3.63) is 57.1 Å². The fourth-order valence-corrected chi connectivity index (χ4v) is 3.32. The number of anilines is 2. The number of fused-ring (bicyclic) bond motifs is 1. The Morgan fingerprint density at radius 1 is 1.24 bits per heavy atom. The highest BCUT2D eigenvalue weighted by molar-refractivity contribution is 5.98. The van der Waals surface area contributed by atoms with Crippen molar-refractivity contribution in [2.75, 3.05) is 23.8 Å². The molecule has 0 aliphatic rings. The summed E-state index contributed by atoms with van der Waals surface area (Å²) in [5.41, 5.74) is 5.75. The summed E-state index contributed by atoms with van der Waals surface area (Å²) in [5, 5.41) is 0. The number of H-pyrrole nitrogens is 1. The number of aromatic amines is 1. The van der Waals surface area contributed by atoms with Crippen LogP contribution in [0.1, 0.15) is 39.0 Å². The molecule has 2 aromatic heterocycles. The monoisotopic (exact) mass is 469 g/mol. The predicted molar refractivity (Wildman–Crippen MR) is 127 cm³/mol. The smallest absolute Gasteiger partial charge is 0.331 e. The molecule has 0 saturated heterocycles. The van der Waals surface area contributed by atoms with Gasteiger partial charge in [0.2, 0.25) is 5.89 Å². The largest absolute Gasteiger partial charge is 0.452 e. The Hall–Kier alpha value is -4.15. The number of unbranched alkanes of at least 4 members (excludes halogenated alkanes) is 1. The van der Waals surface area contributed by atoms with Crippen LogP contribution in [0, 0.1) is 0 Å². The molecule has 3 rings (SSSR count). The SMILES string of the molecule is CCCCN(C(=O)COC(=O)/C=C/c1nc2ccccc2o1)c1c(N)n(CCC)c(=O)[nH]c1=O. The zero-order chi connectivity index (χ0) is 24.7. The van der Waals surface area contributed by atoms with Gasteiger partial charge in [0.25, 0.3) is 11.5 Å². The number of hydrogen-bond donors (Lipinski definition) is 2. The number of carbonyl (C=O) groups excluding carboxylic acids is 2. The molecule has 0 aliphatic heterocycles. The van der Waals surface area contributed by atoms with Crippen LogP contribution in [0.25, 0.3) is 17.2 Å². The molecule has 0 atom stereocenters. The molecule has 3 N–H and O–H groups in total. The van der Waals surface area contributed by atoms with Gasteiger partial charge in [-0.3, -0.25) is 19.1 Å². The van der Waals surface area contributed by atoms with Gasteiger partial charge in [-0.25, -0.2) is 14.6 Å². The zero-order valence-electron chi connectivity index (χ0n) is 19.1. The van der Waals surface area contributed by atoms with Gasteiger partial charge < -0.3 is 19.8 Å². The first-order valence-electron chi connectivity index (χ1n) is 11.0. The number of nitrogens with zero attached hydrogens (tertiary/aromatic N) is 3. The third kappa shape index (κ3) is 5.61. The van der Waals surface area contributed by atoms with Crippen molar-refractivity contribution in [2.24, 2.45) is 0 Å². The number of benzene rings is 1. The molecule has 0 aliphatic carbocycles. The van der Waals surface area contributed by atoms with E-state index in [0.29, 0.717) is 23.9 Å². The minimum atomic E-state index is -0.788. The molecule has 0 spiro atoms. The number of ether oxygens (including phenoxy) is 1. The summed E-state index contributed by atoms with van der Waals surface area (Å²) < 4.78 is 11.8. The number of hydrogen-bond acceptors (Lipinski definition) is 8. The quantitative estimate of drug-likeness (QED) is 0.338. The van der Waals surface area contributed by atoms with Crippen LogP contribution in [0.15, 0.2) is 44.3 Å². The Balaban J connectivity index is 1.74. The molecule has 180 valence electrons. The summed E-state index contributed by atoms with van der Waals surface area (Å²) in [6, 6.07) is 7.14. The summed E-state index contributed by atoms with van der Waals surface area (Å²) in [7, 11) is 0. The second-order valence-electron chi connectivity index (χ2n) is 7.50. The third-order valence-corrected chi connectivity index (χ3v) is 4.98. The molecule has 0 unspecified atom stereocenters. The standard InChI is InChI=1S/C23H27N5O6/c1-3-5-13-27(20-21(24)28(12-4-2)23(32)26-22(20)31)18(29)14-33-19(30)11-10-17-25-15-8-6-7-9-16(15)34-17/h6-11H,3-5,12-14,24H2,1-2H3,(H,26,31,32)/b11-10+. The molecule has 1 aromatic carbocycles. The number of para-hydroxylation sites is 2. The normalized spacial score (nSPS) is 11.2. The van der Waals surface area contributed by atoms with Gasteiger partial charge in [-0.15, -0.1) is 0 Å². The minimum absolute atomic E-state index is 0.109. The summed E-state index contributed by atoms with van der Waals surface area (Å²) in [5.74, 6) is -1.33. The molecule has 0 saturated carbocycles. The average Bonchev–Trinajstić information content (AvgIpc) is 3.24. The molecule has 1 amide bonds. The van der Waals surface area contributed by atoms with Gasteiger partial charge in [0.05, 0.1) is 0 Å². The number of nitrogens with one attached hydrogen (secondary N) is 1. The fourth-order valence-electron chi connectivity index (χ4n) is 3.32. The van der Waals surface area contributed by atoms with Gasteiger partial charge in [0.15, 0.2) is 17.9 Å². The van der Waals surface area contributed by atoms with Gasteiger partial charge in [-0.05, 0) is 25.0 Å².